The monoisotopic (exact) mass is 382 g/mol. The fraction of sp³-hybridized carbons (Fsp3) is 0.450. The first-order valence-corrected chi connectivity index (χ1v) is 9.74. The average Bonchev–Trinajstić information content (AvgIpc) is 2.73. The second-order valence-corrected chi connectivity index (χ2v) is 7.05. The normalized spacial score (nSPS) is 16.9. The molecular weight excluding hydrogens is 356 g/mol. The number of morpholine rings is 1. The van der Waals surface area contributed by atoms with Crippen LogP contribution in [-0.2, 0) is 9.53 Å². The number of ether oxygens (including phenoxy) is 1. The number of anilines is 5. The maximum atomic E-state index is 12.2. The van der Waals surface area contributed by atoms with Gasteiger partial charge in [0.15, 0.2) is 5.82 Å². The SMILES string of the molecule is CCCN1CC(=O)N(C)c2cnc(Nc3cccc(N4CCOCC4)c3)nc21. The van der Waals surface area contributed by atoms with E-state index in [0.717, 1.165) is 62.1 Å². The third-order valence-corrected chi connectivity index (χ3v) is 5.08. The molecular formula is C20H26N6O2. The van der Waals surface area contributed by atoms with E-state index in [4.69, 9.17) is 9.72 Å². The van der Waals surface area contributed by atoms with Crippen LogP contribution in [0.2, 0.25) is 0 Å². The molecule has 2 aliphatic heterocycles. The molecule has 4 rings (SSSR count). The van der Waals surface area contributed by atoms with Crippen molar-refractivity contribution in [3.05, 3.63) is 30.5 Å². The molecule has 1 aromatic carbocycles. The third kappa shape index (κ3) is 3.73. The van der Waals surface area contributed by atoms with E-state index in [9.17, 15) is 4.79 Å². The Morgan fingerprint density at radius 1 is 1.25 bits per heavy atom. The summed E-state index contributed by atoms with van der Waals surface area (Å²) in [4.78, 5) is 27.3. The van der Waals surface area contributed by atoms with Gasteiger partial charge in [0, 0.05) is 38.1 Å². The lowest BCUT2D eigenvalue weighted by molar-refractivity contribution is -0.117. The molecule has 0 unspecified atom stereocenters. The minimum absolute atomic E-state index is 0.0588. The Bertz CT molecular complexity index is 852. The van der Waals surface area contributed by atoms with Crippen LogP contribution in [0.5, 0.6) is 0 Å². The number of aromatic nitrogens is 2. The first kappa shape index (κ1) is 18.5. The fourth-order valence-electron chi connectivity index (χ4n) is 3.56. The van der Waals surface area contributed by atoms with Crippen LogP contribution in [0.15, 0.2) is 30.5 Å². The van der Waals surface area contributed by atoms with Gasteiger partial charge in [0.1, 0.15) is 5.69 Å². The molecule has 0 saturated carbocycles. The Balaban J connectivity index is 1.57. The van der Waals surface area contributed by atoms with Gasteiger partial charge in [-0.2, -0.15) is 4.98 Å². The molecule has 1 fully saturated rings. The van der Waals surface area contributed by atoms with Crippen molar-refractivity contribution < 1.29 is 9.53 Å². The molecule has 0 spiro atoms. The molecule has 28 heavy (non-hydrogen) atoms. The molecule has 148 valence electrons. The lowest BCUT2D eigenvalue weighted by Crippen LogP contribution is -2.44. The highest BCUT2D eigenvalue weighted by Crippen LogP contribution is 2.32. The molecule has 0 radical (unpaired) electrons. The summed E-state index contributed by atoms with van der Waals surface area (Å²) in [6.07, 6.45) is 2.67. The van der Waals surface area contributed by atoms with Crippen LogP contribution >= 0.6 is 0 Å². The minimum Gasteiger partial charge on any atom is -0.378 e. The number of nitrogens with zero attached hydrogens (tertiary/aromatic N) is 5. The minimum atomic E-state index is 0.0588. The molecule has 2 aliphatic rings. The number of amides is 1. The highest BCUT2D eigenvalue weighted by atomic mass is 16.5. The zero-order chi connectivity index (χ0) is 19.5. The van der Waals surface area contributed by atoms with Crippen LogP contribution < -0.4 is 20.0 Å². The van der Waals surface area contributed by atoms with Crippen molar-refractivity contribution in [1.82, 2.24) is 9.97 Å². The molecule has 0 bridgehead atoms. The van der Waals surface area contributed by atoms with Crippen LogP contribution in [0.3, 0.4) is 0 Å². The van der Waals surface area contributed by atoms with Crippen LogP contribution in [0.4, 0.5) is 28.8 Å². The summed E-state index contributed by atoms with van der Waals surface area (Å²) in [5, 5.41) is 3.31. The van der Waals surface area contributed by atoms with E-state index in [1.54, 1.807) is 18.1 Å². The van der Waals surface area contributed by atoms with Gasteiger partial charge in [-0.25, -0.2) is 4.98 Å². The van der Waals surface area contributed by atoms with E-state index in [-0.39, 0.29) is 5.91 Å². The molecule has 1 amide bonds. The van der Waals surface area contributed by atoms with Gasteiger partial charge >= 0.3 is 0 Å². The maximum Gasteiger partial charge on any atom is 0.246 e. The number of hydrogen-bond donors (Lipinski definition) is 1. The van der Waals surface area contributed by atoms with Gasteiger partial charge in [-0.3, -0.25) is 4.79 Å². The Morgan fingerprint density at radius 2 is 2.07 bits per heavy atom. The highest BCUT2D eigenvalue weighted by molar-refractivity contribution is 6.01. The Hall–Kier alpha value is -2.87. The number of likely N-dealkylation sites (N-methyl/N-ethyl adjacent to an activating group) is 1. The third-order valence-electron chi connectivity index (χ3n) is 5.08. The van der Waals surface area contributed by atoms with Crippen molar-refractivity contribution in [2.75, 3.05) is 66.5 Å². The van der Waals surface area contributed by atoms with Crippen LogP contribution in [-0.4, -0.2) is 62.3 Å². The Morgan fingerprint density at radius 3 is 2.86 bits per heavy atom. The smallest absolute Gasteiger partial charge is 0.246 e. The molecule has 8 nitrogen and oxygen atoms in total. The van der Waals surface area contributed by atoms with E-state index in [2.05, 4.69) is 34.3 Å². The van der Waals surface area contributed by atoms with E-state index >= 15 is 0 Å². The summed E-state index contributed by atoms with van der Waals surface area (Å²) < 4.78 is 5.44. The molecule has 8 heteroatoms. The van der Waals surface area contributed by atoms with Gasteiger partial charge in [0.25, 0.3) is 0 Å². The molecule has 1 aromatic heterocycles. The quantitative estimate of drug-likeness (QED) is 0.850. The standard InChI is InChI=1S/C20H26N6O2/c1-3-7-26-14-18(27)24(2)17-13-21-20(23-19(17)26)22-15-5-4-6-16(12-15)25-8-10-28-11-9-25/h4-6,12-13H,3,7-11,14H2,1-2H3,(H,21,22,23). The Labute approximate surface area is 165 Å². The van der Waals surface area contributed by atoms with Crippen molar-refractivity contribution in [3.8, 4) is 0 Å². The van der Waals surface area contributed by atoms with Gasteiger partial charge in [0.2, 0.25) is 11.9 Å². The molecule has 1 N–H and O–H groups in total. The fourth-order valence-corrected chi connectivity index (χ4v) is 3.56. The number of rotatable bonds is 5. The summed E-state index contributed by atoms with van der Waals surface area (Å²) in [7, 11) is 1.77. The second kappa shape index (κ2) is 8.02. The predicted molar refractivity (Wildman–Crippen MR) is 111 cm³/mol. The van der Waals surface area contributed by atoms with Crippen molar-refractivity contribution in [2.24, 2.45) is 0 Å². The van der Waals surface area contributed by atoms with Gasteiger partial charge < -0.3 is 24.8 Å². The van der Waals surface area contributed by atoms with Crippen LogP contribution in [0, 0.1) is 0 Å². The lowest BCUT2D eigenvalue weighted by atomic mass is 10.2. The highest BCUT2D eigenvalue weighted by Gasteiger charge is 2.28. The molecule has 1 saturated heterocycles. The van der Waals surface area contributed by atoms with Crippen molar-refractivity contribution in [2.45, 2.75) is 13.3 Å². The van der Waals surface area contributed by atoms with Crippen molar-refractivity contribution >= 4 is 34.7 Å². The van der Waals surface area contributed by atoms with Gasteiger partial charge in [-0.05, 0) is 24.6 Å². The summed E-state index contributed by atoms with van der Waals surface area (Å²) in [6.45, 7) is 6.53. The summed E-state index contributed by atoms with van der Waals surface area (Å²) in [5.74, 6) is 1.39. The first-order valence-electron chi connectivity index (χ1n) is 9.74. The molecule has 0 aliphatic carbocycles. The first-order chi connectivity index (χ1) is 13.7. The maximum absolute atomic E-state index is 12.2. The number of nitrogens with one attached hydrogen (secondary N) is 1. The number of carbonyl (C=O) groups is 1. The number of hydrogen-bond acceptors (Lipinski definition) is 7. The lowest BCUT2D eigenvalue weighted by Gasteiger charge is -2.34. The topological polar surface area (TPSA) is 73.8 Å². The van der Waals surface area contributed by atoms with Gasteiger partial charge in [-0.15, -0.1) is 0 Å². The van der Waals surface area contributed by atoms with E-state index in [1.807, 2.05) is 17.0 Å². The molecule has 2 aromatic rings. The summed E-state index contributed by atoms with van der Waals surface area (Å²) in [6, 6.07) is 8.24. The zero-order valence-electron chi connectivity index (χ0n) is 16.4. The Kier molecular flexibility index (Phi) is 5.29. The van der Waals surface area contributed by atoms with E-state index < -0.39 is 0 Å². The predicted octanol–water partition coefficient (Wildman–Crippen LogP) is 2.25. The van der Waals surface area contributed by atoms with Gasteiger partial charge in [-0.1, -0.05) is 13.0 Å². The van der Waals surface area contributed by atoms with E-state index in [1.165, 1.54) is 0 Å². The van der Waals surface area contributed by atoms with Crippen LogP contribution in [0.25, 0.3) is 0 Å². The largest absolute Gasteiger partial charge is 0.378 e. The zero-order valence-corrected chi connectivity index (χ0v) is 16.4. The summed E-state index contributed by atoms with van der Waals surface area (Å²) in [5.41, 5.74) is 2.84. The molecule has 3 heterocycles. The second-order valence-electron chi connectivity index (χ2n) is 7.05. The van der Waals surface area contributed by atoms with E-state index in [0.29, 0.717) is 12.5 Å². The van der Waals surface area contributed by atoms with Crippen molar-refractivity contribution in [3.63, 3.8) is 0 Å². The number of benzene rings is 1. The summed E-state index contributed by atoms with van der Waals surface area (Å²) >= 11 is 0. The van der Waals surface area contributed by atoms with Gasteiger partial charge in [0.05, 0.1) is 26.0 Å². The molecule has 0 atom stereocenters. The average molecular weight is 382 g/mol. The van der Waals surface area contributed by atoms with Crippen molar-refractivity contribution in [1.29, 1.82) is 0 Å². The number of fused-ring (bicyclic) bond motifs is 1. The number of carbonyl (C=O) groups excluding carboxylic acids is 1. The van der Waals surface area contributed by atoms with Crippen LogP contribution in [0.1, 0.15) is 13.3 Å².